The van der Waals surface area contributed by atoms with Crippen LogP contribution in [0, 0.1) is 25.2 Å². The molecule has 2 aromatic rings. The van der Waals surface area contributed by atoms with Gasteiger partial charge in [0.05, 0.1) is 11.6 Å². The van der Waals surface area contributed by atoms with Crippen LogP contribution in [0.2, 0.25) is 0 Å². The molecule has 6 nitrogen and oxygen atoms in total. The number of fused-ring (bicyclic) bond motifs is 1. The van der Waals surface area contributed by atoms with Gasteiger partial charge < -0.3 is 18.9 Å². The lowest BCUT2D eigenvalue weighted by Crippen LogP contribution is -2.53. The molecule has 1 amide bonds. The summed E-state index contributed by atoms with van der Waals surface area (Å²) in [5.41, 5.74) is 2.71. The van der Waals surface area contributed by atoms with E-state index in [0.717, 1.165) is 42.1 Å². The van der Waals surface area contributed by atoms with Crippen molar-refractivity contribution in [2.75, 3.05) is 20.3 Å². The minimum absolute atomic E-state index is 0.104. The molecule has 0 atom stereocenters. The van der Waals surface area contributed by atoms with E-state index in [0.29, 0.717) is 24.5 Å². The van der Waals surface area contributed by atoms with Gasteiger partial charge >= 0.3 is 0 Å². The first-order chi connectivity index (χ1) is 13.0. The number of carbonyl (C=O) groups is 1. The minimum Gasteiger partial charge on any atom is -0.486 e. The average molecular weight is 365 g/mol. The molecule has 0 bridgehead atoms. The summed E-state index contributed by atoms with van der Waals surface area (Å²) in [5.74, 6) is 1.35. The smallest absolute Gasteiger partial charge is 0.256 e. The molecular weight excluding hydrogens is 342 g/mol. The normalized spacial score (nSPS) is 17.0. The Morgan fingerprint density at radius 2 is 1.89 bits per heavy atom. The van der Waals surface area contributed by atoms with Crippen LogP contribution in [-0.2, 0) is 0 Å². The fourth-order valence-corrected chi connectivity index (χ4v) is 3.96. The van der Waals surface area contributed by atoms with Crippen molar-refractivity contribution in [2.45, 2.75) is 38.6 Å². The van der Waals surface area contributed by atoms with E-state index in [-0.39, 0.29) is 5.91 Å². The number of nitriles is 1. The van der Waals surface area contributed by atoms with Crippen LogP contribution in [0.15, 0.2) is 24.3 Å². The van der Waals surface area contributed by atoms with Crippen LogP contribution in [0.3, 0.4) is 0 Å². The number of hydrogen-bond acceptors (Lipinski definition) is 4. The molecule has 1 aliphatic carbocycles. The number of hydrogen-bond donors (Lipinski definition) is 0. The van der Waals surface area contributed by atoms with Crippen molar-refractivity contribution in [3.8, 4) is 23.3 Å². The monoisotopic (exact) mass is 365 g/mol. The summed E-state index contributed by atoms with van der Waals surface area (Å²) in [6.07, 6.45) is 2.47. The molecule has 1 aromatic carbocycles. The fourth-order valence-electron chi connectivity index (χ4n) is 3.96. The largest absolute Gasteiger partial charge is 0.486 e. The van der Waals surface area contributed by atoms with Gasteiger partial charge in [0.1, 0.15) is 18.8 Å². The summed E-state index contributed by atoms with van der Waals surface area (Å²) >= 11 is 0. The number of carbonyl (C=O) groups excluding carboxylic acids is 1. The second-order valence-electron chi connectivity index (χ2n) is 7.31. The van der Waals surface area contributed by atoms with Crippen molar-refractivity contribution in [3.63, 3.8) is 0 Å². The van der Waals surface area contributed by atoms with Crippen LogP contribution in [0.25, 0.3) is 5.69 Å². The summed E-state index contributed by atoms with van der Waals surface area (Å²) in [6, 6.07) is 10.0. The zero-order valence-electron chi connectivity index (χ0n) is 15.9. The molecule has 0 saturated heterocycles. The highest BCUT2D eigenvalue weighted by Crippen LogP contribution is 2.38. The Hall–Kier alpha value is -2.94. The van der Waals surface area contributed by atoms with Crippen molar-refractivity contribution < 1.29 is 14.3 Å². The van der Waals surface area contributed by atoms with Gasteiger partial charge in [-0.05, 0) is 51.3 Å². The summed E-state index contributed by atoms with van der Waals surface area (Å²) in [5, 5.41) is 9.55. The molecule has 1 saturated carbocycles. The van der Waals surface area contributed by atoms with Gasteiger partial charge in [0, 0.05) is 30.2 Å². The first-order valence-electron chi connectivity index (χ1n) is 9.25. The molecule has 1 aliphatic heterocycles. The Kier molecular flexibility index (Phi) is 4.11. The van der Waals surface area contributed by atoms with Crippen LogP contribution < -0.4 is 9.47 Å². The standard InChI is InChI=1S/C21H23N3O3/c1-14-11-17(20(25)23(3)21(13-22)7-4-8-21)15(2)24(14)16-5-6-18-19(12-16)27-10-9-26-18/h5-6,11-12H,4,7-10H2,1-3H3. The lowest BCUT2D eigenvalue weighted by Gasteiger charge is -2.42. The lowest BCUT2D eigenvalue weighted by atomic mass is 9.76. The number of ether oxygens (including phenoxy) is 2. The predicted octanol–water partition coefficient (Wildman–Crippen LogP) is 3.38. The zero-order chi connectivity index (χ0) is 19.2. The van der Waals surface area contributed by atoms with Crippen molar-refractivity contribution in [1.29, 1.82) is 5.26 Å². The first kappa shape index (κ1) is 17.5. The molecule has 27 heavy (non-hydrogen) atoms. The average Bonchev–Trinajstić information content (AvgIpc) is 2.94. The molecule has 1 fully saturated rings. The van der Waals surface area contributed by atoms with E-state index in [9.17, 15) is 10.1 Å². The van der Waals surface area contributed by atoms with Crippen LogP contribution in [0.1, 0.15) is 41.0 Å². The van der Waals surface area contributed by atoms with Crippen LogP contribution in [-0.4, -0.2) is 41.2 Å². The molecule has 0 unspecified atom stereocenters. The van der Waals surface area contributed by atoms with E-state index >= 15 is 0 Å². The molecule has 0 spiro atoms. The topological polar surface area (TPSA) is 67.5 Å². The first-order valence-corrected chi connectivity index (χ1v) is 9.25. The minimum atomic E-state index is -0.656. The van der Waals surface area contributed by atoms with E-state index < -0.39 is 5.54 Å². The molecule has 0 radical (unpaired) electrons. The van der Waals surface area contributed by atoms with Gasteiger partial charge in [-0.15, -0.1) is 0 Å². The third-order valence-corrected chi connectivity index (χ3v) is 5.78. The third-order valence-electron chi connectivity index (χ3n) is 5.78. The van der Waals surface area contributed by atoms with Crippen molar-refractivity contribution >= 4 is 5.91 Å². The van der Waals surface area contributed by atoms with E-state index in [1.165, 1.54) is 0 Å². The maximum absolute atomic E-state index is 13.1. The van der Waals surface area contributed by atoms with Gasteiger partial charge in [-0.25, -0.2) is 0 Å². The maximum atomic E-state index is 13.1. The number of rotatable bonds is 3. The number of benzene rings is 1. The Morgan fingerprint density at radius 1 is 1.19 bits per heavy atom. The SMILES string of the molecule is Cc1cc(C(=O)N(C)C2(C#N)CCC2)c(C)n1-c1ccc2c(c1)OCCO2. The fraction of sp³-hybridized carbons (Fsp3) is 0.429. The Balaban J connectivity index is 1.70. The Morgan fingerprint density at radius 3 is 2.52 bits per heavy atom. The number of amides is 1. The highest BCUT2D eigenvalue weighted by Gasteiger charge is 2.44. The highest BCUT2D eigenvalue weighted by atomic mass is 16.6. The summed E-state index contributed by atoms with van der Waals surface area (Å²) in [7, 11) is 1.74. The van der Waals surface area contributed by atoms with Crippen LogP contribution in [0.5, 0.6) is 11.5 Å². The lowest BCUT2D eigenvalue weighted by molar-refractivity contribution is 0.0497. The van der Waals surface area contributed by atoms with Crippen molar-refractivity contribution in [1.82, 2.24) is 9.47 Å². The molecule has 4 rings (SSSR count). The summed E-state index contributed by atoms with van der Waals surface area (Å²) < 4.78 is 13.3. The van der Waals surface area contributed by atoms with Crippen molar-refractivity contribution in [3.05, 3.63) is 41.2 Å². The summed E-state index contributed by atoms with van der Waals surface area (Å²) in [4.78, 5) is 14.7. The number of aromatic nitrogens is 1. The maximum Gasteiger partial charge on any atom is 0.256 e. The second kappa shape index (κ2) is 6.34. The van der Waals surface area contributed by atoms with E-state index in [2.05, 4.69) is 6.07 Å². The molecule has 6 heteroatoms. The van der Waals surface area contributed by atoms with Crippen LogP contribution >= 0.6 is 0 Å². The van der Waals surface area contributed by atoms with Crippen molar-refractivity contribution in [2.24, 2.45) is 0 Å². The van der Waals surface area contributed by atoms with Gasteiger partial charge in [-0.2, -0.15) is 5.26 Å². The van der Waals surface area contributed by atoms with E-state index in [4.69, 9.17) is 9.47 Å². The number of nitrogens with zero attached hydrogens (tertiary/aromatic N) is 3. The third kappa shape index (κ3) is 2.66. The quantitative estimate of drug-likeness (QED) is 0.836. The van der Waals surface area contributed by atoms with E-state index in [1.807, 2.05) is 42.7 Å². The van der Waals surface area contributed by atoms with Gasteiger partial charge in [0.2, 0.25) is 0 Å². The molecule has 2 heterocycles. The molecule has 0 N–H and O–H groups in total. The predicted molar refractivity (Wildman–Crippen MR) is 101 cm³/mol. The zero-order valence-corrected chi connectivity index (χ0v) is 15.9. The van der Waals surface area contributed by atoms with Gasteiger partial charge in [-0.3, -0.25) is 4.79 Å². The summed E-state index contributed by atoms with van der Waals surface area (Å²) in [6.45, 7) is 5.00. The van der Waals surface area contributed by atoms with Gasteiger partial charge in [-0.1, -0.05) is 0 Å². The second-order valence-corrected chi connectivity index (χ2v) is 7.31. The van der Waals surface area contributed by atoms with Gasteiger partial charge in [0.25, 0.3) is 5.91 Å². The van der Waals surface area contributed by atoms with E-state index in [1.54, 1.807) is 11.9 Å². The van der Waals surface area contributed by atoms with Gasteiger partial charge in [0.15, 0.2) is 11.5 Å². The Labute approximate surface area is 158 Å². The molecule has 140 valence electrons. The highest BCUT2D eigenvalue weighted by molar-refractivity contribution is 5.96. The molecule has 2 aliphatic rings. The number of aryl methyl sites for hydroxylation is 1. The molecule has 1 aromatic heterocycles. The molecular formula is C21H23N3O3. The van der Waals surface area contributed by atoms with Crippen LogP contribution in [0.4, 0.5) is 0 Å². The Bertz CT molecular complexity index is 950.